The van der Waals surface area contributed by atoms with Crippen LogP contribution in [0.15, 0.2) is 54.7 Å². The van der Waals surface area contributed by atoms with Gasteiger partial charge >= 0.3 is 0 Å². The van der Waals surface area contributed by atoms with E-state index in [1.165, 1.54) is 5.69 Å². The van der Waals surface area contributed by atoms with Gasteiger partial charge in [-0.1, -0.05) is 26.8 Å². The van der Waals surface area contributed by atoms with E-state index in [4.69, 9.17) is 0 Å². The number of aromatic nitrogens is 2. The number of benzene rings is 2. The molecule has 2 aromatic carbocycles. The molecule has 28 heavy (non-hydrogen) atoms. The van der Waals surface area contributed by atoms with Crippen LogP contribution in [0.5, 0.6) is 0 Å². The normalized spacial score (nSPS) is 15.8. The molecular formula is C24H25N3O. The maximum absolute atomic E-state index is 13.1. The van der Waals surface area contributed by atoms with Crippen LogP contribution in [0.1, 0.15) is 44.9 Å². The van der Waals surface area contributed by atoms with Crippen LogP contribution in [0.25, 0.3) is 21.8 Å². The van der Waals surface area contributed by atoms with Crippen molar-refractivity contribution >= 4 is 33.4 Å². The molecule has 2 heterocycles. The van der Waals surface area contributed by atoms with Crippen molar-refractivity contribution < 1.29 is 4.79 Å². The van der Waals surface area contributed by atoms with E-state index in [1.807, 2.05) is 18.3 Å². The third kappa shape index (κ3) is 2.71. The Morgan fingerprint density at radius 3 is 2.50 bits per heavy atom. The van der Waals surface area contributed by atoms with Gasteiger partial charge in [-0.3, -0.25) is 4.79 Å². The standard InChI is InChI=1S/C24H25N3O/c1-23(2,3)21-14-16-13-18(5-7-20(16)27-21)26-22(28)24(9-10-24)17-4-6-19-15(12-17)8-11-25-19/h4-8,11-14,25,27H,9-10H2,1-3H3,(H,26,28). The van der Waals surface area contributed by atoms with Crippen molar-refractivity contribution in [3.05, 3.63) is 66.0 Å². The molecule has 0 spiro atoms. The van der Waals surface area contributed by atoms with Gasteiger partial charge in [0, 0.05) is 39.4 Å². The Hall–Kier alpha value is -3.01. The van der Waals surface area contributed by atoms with E-state index in [0.29, 0.717) is 0 Å². The number of rotatable bonds is 3. The van der Waals surface area contributed by atoms with Crippen LogP contribution in [0.2, 0.25) is 0 Å². The number of fused-ring (bicyclic) bond motifs is 2. The number of H-pyrrole nitrogens is 2. The van der Waals surface area contributed by atoms with E-state index >= 15 is 0 Å². The van der Waals surface area contributed by atoms with Gasteiger partial charge in [-0.2, -0.15) is 0 Å². The lowest BCUT2D eigenvalue weighted by molar-refractivity contribution is -0.118. The lowest BCUT2D eigenvalue weighted by Crippen LogP contribution is -2.27. The molecule has 2 aromatic heterocycles. The Labute approximate surface area is 164 Å². The SMILES string of the molecule is CC(C)(C)c1cc2cc(NC(=O)C3(c4ccc5[nH]ccc5c4)CC3)ccc2[nH]1. The quantitative estimate of drug-likeness (QED) is 0.430. The summed E-state index contributed by atoms with van der Waals surface area (Å²) in [4.78, 5) is 19.8. The second-order valence-electron chi connectivity index (χ2n) is 9.05. The summed E-state index contributed by atoms with van der Waals surface area (Å²) in [5.41, 5.74) is 5.03. The predicted octanol–water partition coefficient (Wildman–Crippen LogP) is 5.62. The van der Waals surface area contributed by atoms with Gasteiger partial charge in [0.2, 0.25) is 5.91 Å². The average Bonchev–Trinajstić information content (AvgIpc) is 3.13. The molecule has 5 rings (SSSR count). The highest BCUT2D eigenvalue weighted by Crippen LogP contribution is 2.49. The van der Waals surface area contributed by atoms with E-state index in [0.717, 1.165) is 45.9 Å². The fourth-order valence-corrected chi connectivity index (χ4v) is 3.99. The van der Waals surface area contributed by atoms with Crippen molar-refractivity contribution in [3.8, 4) is 0 Å². The third-order valence-electron chi connectivity index (χ3n) is 5.98. The molecule has 0 unspecified atom stereocenters. The van der Waals surface area contributed by atoms with Gasteiger partial charge in [-0.15, -0.1) is 0 Å². The van der Waals surface area contributed by atoms with Gasteiger partial charge in [-0.25, -0.2) is 0 Å². The molecule has 1 aliphatic carbocycles. The van der Waals surface area contributed by atoms with Crippen LogP contribution in [0.4, 0.5) is 5.69 Å². The number of aromatic amines is 2. The summed E-state index contributed by atoms with van der Waals surface area (Å²) in [6.45, 7) is 6.58. The first-order chi connectivity index (χ1) is 13.3. The monoisotopic (exact) mass is 371 g/mol. The summed E-state index contributed by atoms with van der Waals surface area (Å²) < 4.78 is 0. The average molecular weight is 371 g/mol. The summed E-state index contributed by atoms with van der Waals surface area (Å²) in [5.74, 6) is 0.0910. The minimum atomic E-state index is -0.394. The Morgan fingerprint density at radius 2 is 1.75 bits per heavy atom. The van der Waals surface area contributed by atoms with Crippen LogP contribution in [0, 0.1) is 0 Å². The number of nitrogens with one attached hydrogen (secondary N) is 3. The summed E-state index contributed by atoms with van der Waals surface area (Å²) in [6.07, 6.45) is 3.73. The smallest absolute Gasteiger partial charge is 0.235 e. The first kappa shape index (κ1) is 17.1. The highest BCUT2D eigenvalue weighted by atomic mass is 16.2. The van der Waals surface area contributed by atoms with E-state index in [2.05, 4.69) is 72.5 Å². The zero-order valence-electron chi connectivity index (χ0n) is 16.5. The number of carbonyl (C=O) groups excluding carboxylic acids is 1. The maximum Gasteiger partial charge on any atom is 0.235 e. The molecule has 1 fully saturated rings. The number of carbonyl (C=O) groups is 1. The van der Waals surface area contributed by atoms with Crippen molar-refractivity contribution in [1.29, 1.82) is 0 Å². The molecule has 1 saturated carbocycles. The third-order valence-corrected chi connectivity index (χ3v) is 5.98. The lowest BCUT2D eigenvalue weighted by atomic mass is 9.92. The summed E-state index contributed by atoms with van der Waals surface area (Å²) in [5, 5.41) is 5.44. The summed E-state index contributed by atoms with van der Waals surface area (Å²) in [7, 11) is 0. The molecule has 4 nitrogen and oxygen atoms in total. The molecule has 4 aromatic rings. The van der Waals surface area contributed by atoms with Gasteiger partial charge in [0.25, 0.3) is 0 Å². The number of hydrogen-bond acceptors (Lipinski definition) is 1. The van der Waals surface area contributed by atoms with Crippen LogP contribution >= 0.6 is 0 Å². The van der Waals surface area contributed by atoms with Crippen molar-refractivity contribution in [3.63, 3.8) is 0 Å². The minimum absolute atomic E-state index is 0.0668. The Bertz CT molecular complexity index is 1200. The first-order valence-electron chi connectivity index (χ1n) is 9.88. The van der Waals surface area contributed by atoms with Gasteiger partial charge < -0.3 is 15.3 Å². The highest BCUT2D eigenvalue weighted by molar-refractivity contribution is 6.03. The summed E-state index contributed by atoms with van der Waals surface area (Å²) >= 11 is 0. The van der Waals surface area contributed by atoms with Crippen LogP contribution < -0.4 is 5.32 Å². The van der Waals surface area contributed by atoms with Crippen LogP contribution in [0.3, 0.4) is 0 Å². The Kier molecular flexibility index (Phi) is 3.51. The molecule has 142 valence electrons. The Morgan fingerprint density at radius 1 is 0.964 bits per heavy atom. The predicted molar refractivity (Wildman–Crippen MR) is 115 cm³/mol. The fourth-order valence-electron chi connectivity index (χ4n) is 3.99. The summed E-state index contributed by atoms with van der Waals surface area (Å²) in [6, 6.07) is 16.6. The van der Waals surface area contributed by atoms with E-state index in [9.17, 15) is 4.79 Å². The zero-order valence-corrected chi connectivity index (χ0v) is 16.5. The van der Waals surface area contributed by atoms with Crippen LogP contribution in [-0.4, -0.2) is 15.9 Å². The van der Waals surface area contributed by atoms with E-state index < -0.39 is 5.41 Å². The number of anilines is 1. The first-order valence-corrected chi connectivity index (χ1v) is 9.88. The maximum atomic E-state index is 13.1. The number of hydrogen-bond donors (Lipinski definition) is 3. The van der Waals surface area contributed by atoms with Crippen molar-refractivity contribution in [2.75, 3.05) is 5.32 Å². The molecule has 0 atom stereocenters. The molecule has 0 bridgehead atoms. The second kappa shape index (κ2) is 5.74. The lowest BCUT2D eigenvalue weighted by Gasteiger charge is -2.16. The molecule has 3 N–H and O–H groups in total. The fraction of sp³-hybridized carbons (Fsp3) is 0.292. The van der Waals surface area contributed by atoms with Crippen molar-refractivity contribution in [2.24, 2.45) is 0 Å². The molecule has 0 aliphatic heterocycles. The molecule has 0 radical (unpaired) electrons. The second-order valence-corrected chi connectivity index (χ2v) is 9.05. The van der Waals surface area contributed by atoms with Gasteiger partial charge in [0.05, 0.1) is 5.41 Å². The molecule has 4 heteroatoms. The highest BCUT2D eigenvalue weighted by Gasteiger charge is 2.51. The van der Waals surface area contributed by atoms with Crippen molar-refractivity contribution in [2.45, 2.75) is 44.4 Å². The topological polar surface area (TPSA) is 60.7 Å². The minimum Gasteiger partial charge on any atom is -0.361 e. The molecule has 0 saturated heterocycles. The van der Waals surface area contributed by atoms with Gasteiger partial charge in [-0.05, 0) is 66.3 Å². The van der Waals surface area contributed by atoms with Crippen molar-refractivity contribution in [1.82, 2.24) is 9.97 Å². The van der Waals surface area contributed by atoms with Gasteiger partial charge in [0.1, 0.15) is 0 Å². The molecule has 1 amide bonds. The molecule has 1 aliphatic rings. The van der Waals surface area contributed by atoms with Gasteiger partial charge in [0.15, 0.2) is 0 Å². The largest absolute Gasteiger partial charge is 0.361 e. The van der Waals surface area contributed by atoms with Crippen LogP contribution in [-0.2, 0) is 15.6 Å². The van der Waals surface area contributed by atoms with E-state index in [-0.39, 0.29) is 11.3 Å². The number of amides is 1. The molecular weight excluding hydrogens is 346 g/mol. The zero-order chi connectivity index (χ0) is 19.5. The van der Waals surface area contributed by atoms with E-state index in [1.54, 1.807) is 0 Å². The Balaban J connectivity index is 1.43.